The van der Waals surface area contributed by atoms with Crippen LogP contribution in [0, 0.1) is 0 Å². The second-order valence-electron chi connectivity index (χ2n) is 7.50. The summed E-state index contributed by atoms with van der Waals surface area (Å²) in [6.07, 6.45) is -9.06. The third kappa shape index (κ3) is 3.91. The summed E-state index contributed by atoms with van der Waals surface area (Å²) in [5.41, 5.74) is -4.32. The number of nitrogens with zero attached hydrogens (tertiary/aromatic N) is 1. The zero-order valence-electron chi connectivity index (χ0n) is 16.0. The van der Waals surface area contributed by atoms with E-state index < -0.39 is 34.9 Å². The number of anilines is 1. The molecule has 1 saturated heterocycles. The highest BCUT2D eigenvalue weighted by molar-refractivity contribution is 6.21. The van der Waals surface area contributed by atoms with Gasteiger partial charge in [-0.3, -0.25) is 9.79 Å². The Morgan fingerprint density at radius 3 is 2.19 bits per heavy atom. The predicted octanol–water partition coefficient (Wildman–Crippen LogP) is 4.64. The molecule has 0 atom stereocenters. The van der Waals surface area contributed by atoms with Gasteiger partial charge in [0, 0.05) is 11.1 Å². The molecule has 0 unspecified atom stereocenters. The van der Waals surface area contributed by atoms with Crippen molar-refractivity contribution < 1.29 is 31.1 Å². The Morgan fingerprint density at radius 2 is 1.55 bits per heavy atom. The van der Waals surface area contributed by atoms with E-state index in [-0.39, 0.29) is 35.4 Å². The van der Waals surface area contributed by atoms with Crippen LogP contribution in [0.1, 0.15) is 35.1 Å². The van der Waals surface area contributed by atoms with E-state index in [2.05, 4.69) is 15.6 Å². The zero-order valence-corrected chi connectivity index (χ0v) is 16.0. The molecule has 0 bridgehead atoms. The number of carbonyl (C=O) groups is 1. The summed E-state index contributed by atoms with van der Waals surface area (Å²) in [5, 5.41) is 5.65. The minimum absolute atomic E-state index is 0.0101. The minimum Gasteiger partial charge on any atom is -0.323 e. The quantitative estimate of drug-likeness (QED) is 0.634. The molecule has 2 aliphatic heterocycles. The number of rotatable bonds is 1. The van der Waals surface area contributed by atoms with Crippen LogP contribution in [0.2, 0.25) is 0 Å². The Balaban J connectivity index is 2.02. The van der Waals surface area contributed by atoms with Gasteiger partial charge >= 0.3 is 12.4 Å². The molecule has 2 aliphatic rings. The largest absolute Gasteiger partial charge is 0.417 e. The van der Waals surface area contributed by atoms with Gasteiger partial charge in [0.05, 0.1) is 22.5 Å². The van der Waals surface area contributed by atoms with Gasteiger partial charge in [-0.15, -0.1) is 0 Å². The van der Waals surface area contributed by atoms with Crippen LogP contribution in [-0.4, -0.2) is 30.2 Å². The molecule has 10 heteroatoms. The molecular weight excluding hydrogens is 424 g/mol. The van der Waals surface area contributed by atoms with E-state index in [0.717, 1.165) is 30.3 Å². The number of nitrogens with one attached hydrogen (secondary N) is 2. The number of halogens is 6. The van der Waals surface area contributed by atoms with Gasteiger partial charge in [0.25, 0.3) is 5.91 Å². The first-order valence-corrected chi connectivity index (χ1v) is 9.51. The monoisotopic (exact) mass is 441 g/mol. The maximum atomic E-state index is 13.7. The average Bonchev–Trinajstić information content (AvgIpc) is 2.82. The molecule has 1 fully saturated rings. The molecule has 1 spiro atoms. The van der Waals surface area contributed by atoms with Crippen molar-refractivity contribution in [1.29, 1.82) is 0 Å². The second kappa shape index (κ2) is 7.37. The van der Waals surface area contributed by atoms with Crippen molar-refractivity contribution in [3.05, 3.63) is 64.7 Å². The van der Waals surface area contributed by atoms with Crippen LogP contribution in [0.4, 0.5) is 32.0 Å². The first-order valence-electron chi connectivity index (χ1n) is 9.51. The van der Waals surface area contributed by atoms with Gasteiger partial charge < -0.3 is 10.6 Å². The van der Waals surface area contributed by atoms with Crippen LogP contribution >= 0.6 is 0 Å². The summed E-state index contributed by atoms with van der Waals surface area (Å²) in [6.45, 7) is 0.796. The van der Waals surface area contributed by atoms with Crippen LogP contribution in [0.5, 0.6) is 0 Å². The van der Waals surface area contributed by atoms with E-state index in [1.165, 1.54) is 12.1 Å². The Bertz CT molecular complexity index is 1050. The first-order chi connectivity index (χ1) is 14.5. The molecular formula is C21H17F6N3O. The number of piperidine rings is 1. The fourth-order valence-corrected chi connectivity index (χ4v) is 3.91. The van der Waals surface area contributed by atoms with Crippen molar-refractivity contribution in [2.45, 2.75) is 30.7 Å². The summed E-state index contributed by atoms with van der Waals surface area (Å²) >= 11 is 0. The third-order valence-corrected chi connectivity index (χ3v) is 5.52. The molecule has 2 N–H and O–H groups in total. The number of hydrogen-bond donors (Lipinski definition) is 2. The highest BCUT2D eigenvalue weighted by atomic mass is 19.4. The standard InChI is InChI=1S/C21H17F6N3O/c22-20(23,24)12-5-6-16-14(11-12)17(13-3-1-2-4-15(13)21(25,26)27)30-19(18(31)29-16)7-9-28-10-8-19/h1-6,11,28H,7-10H2,(H,29,31). The van der Waals surface area contributed by atoms with Crippen molar-refractivity contribution in [1.82, 2.24) is 5.32 Å². The predicted molar refractivity (Wildman–Crippen MR) is 102 cm³/mol. The summed E-state index contributed by atoms with van der Waals surface area (Å²) < 4.78 is 81.3. The van der Waals surface area contributed by atoms with Gasteiger partial charge in [0.1, 0.15) is 5.54 Å². The summed E-state index contributed by atoms with van der Waals surface area (Å²) in [7, 11) is 0. The molecule has 4 nitrogen and oxygen atoms in total. The maximum Gasteiger partial charge on any atom is 0.417 e. The molecule has 0 saturated carbocycles. The molecule has 2 aromatic carbocycles. The molecule has 0 aliphatic carbocycles. The fraction of sp³-hybridized carbons (Fsp3) is 0.333. The smallest absolute Gasteiger partial charge is 0.323 e. The lowest BCUT2D eigenvalue weighted by molar-refractivity contribution is -0.138. The topological polar surface area (TPSA) is 53.5 Å². The summed E-state index contributed by atoms with van der Waals surface area (Å²) in [5.74, 6) is -0.547. The Labute approximate surface area is 173 Å². The van der Waals surface area contributed by atoms with E-state index in [1.54, 1.807) is 0 Å². The van der Waals surface area contributed by atoms with Crippen molar-refractivity contribution in [2.75, 3.05) is 18.4 Å². The van der Waals surface area contributed by atoms with E-state index in [0.29, 0.717) is 13.1 Å². The van der Waals surface area contributed by atoms with E-state index in [4.69, 9.17) is 0 Å². The van der Waals surface area contributed by atoms with E-state index >= 15 is 0 Å². The van der Waals surface area contributed by atoms with Crippen molar-refractivity contribution >= 4 is 17.3 Å². The highest BCUT2D eigenvalue weighted by Gasteiger charge is 2.44. The van der Waals surface area contributed by atoms with Crippen LogP contribution in [0.3, 0.4) is 0 Å². The number of carbonyl (C=O) groups excluding carboxylic acids is 1. The maximum absolute atomic E-state index is 13.7. The number of benzene rings is 2. The van der Waals surface area contributed by atoms with Gasteiger partial charge in [-0.25, -0.2) is 0 Å². The molecule has 0 radical (unpaired) electrons. The van der Waals surface area contributed by atoms with Crippen molar-refractivity contribution in [3.63, 3.8) is 0 Å². The van der Waals surface area contributed by atoms with Crippen LogP contribution in [-0.2, 0) is 17.1 Å². The van der Waals surface area contributed by atoms with E-state index in [1.807, 2.05) is 0 Å². The van der Waals surface area contributed by atoms with Gasteiger partial charge in [0.15, 0.2) is 0 Å². The fourth-order valence-electron chi connectivity index (χ4n) is 3.91. The summed E-state index contributed by atoms with van der Waals surface area (Å²) in [4.78, 5) is 17.5. The Morgan fingerprint density at radius 1 is 0.871 bits per heavy atom. The lowest BCUT2D eigenvalue weighted by Crippen LogP contribution is -2.49. The molecule has 1 amide bonds. The first kappa shape index (κ1) is 21.4. The molecule has 2 heterocycles. The molecule has 164 valence electrons. The normalized spacial score (nSPS) is 18.8. The van der Waals surface area contributed by atoms with Crippen LogP contribution in [0.25, 0.3) is 0 Å². The Kier molecular flexibility index (Phi) is 5.07. The number of alkyl halides is 6. The van der Waals surface area contributed by atoms with Crippen molar-refractivity contribution in [3.8, 4) is 0 Å². The molecule has 0 aromatic heterocycles. The number of aliphatic imine (C=N–C) groups is 1. The van der Waals surface area contributed by atoms with E-state index in [9.17, 15) is 31.1 Å². The lowest BCUT2D eigenvalue weighted by atomic mass is 9.87. The number of hydrogen-bond acceptors (Lipinski definition) is 3. The molecule has 2 aromatic rings. The second-order valence-corrected chi connectivity index (χ2v) is 7.50. The molecule has 31 heavy (non-hydrogen) atoms. The molecule has 4 rings (SSSR count). The van der Waals surface area contributed by atoms with Gasteiger partial charge in [-0.05, 0) is 50.2 Å². The van der Waals surface area contributed by atoms with Crippen LogP contribution in [0.15, 0.2) is 47.5 Å². The van der Waals surface area contributed by atoms with Crippen LogP contribution < -0.4 is 10.6 Å². The van der Waals surface area contributed by atoms with Gasteiger partial charge in [-0.1, -0.05) is 18.2 Å². The SMILES string of the molecule is O=C1Nc2ccc(C(F)(F)F)cc2C(c2ccccc2C(F)(F)F)=NC12CCNCC2. The Hall–Kier alpha value is -2.88. The third-order valence-electron chi connectivity index (χ3n) is 5.52. The van der Waals surface area contributed by atoms with Gasteiger partial charge in [0.2, 0.25) is 0 Å². The lowest BCUT2D eigenvalue weighted by Gasteiger charge is -2.32. The number of amides is 1. The van der Waals surface area contributed by atoms with Crippen molar-refractivity contribution in [2.24, 2.45) is 4.99 Å². The summed E-state index contributed by atoms with van der Waals surface area (Å²) in [6, 6.07) is 7.14. The highest BCUT2D eigenvalue weighted by Crippen LogP contribution is 2.39. The van der Waals surface area contributed by atoms with Gasteiger partial charge in [-0.2, -0.15) is 26.3 Å². The number of fused-ring (bicyclic) bond motifs is 1. The zero-order chi connectivity index (χ0) is 22.4. The minimum atomic E-state index is -4.76. The average molecular weight is 441 g/mol.